The molecule has 1 saturated carbocycles. The highest BCUT2D eigenvalue weighted by Gasteiger charge is 2.52. The van der Waals surface area contributed by atoms with E-state index in [4.69, 9.17) is 5.26 Å². The van der Waals surface area contributed by atoms with Gasteiger partial charge in [-0.05, 0) is 25.0 Å². The van der Waals surface area contributed by atoms with E-state index in [0.29, 0.717) is 11.3 Å². The Morgan fingerprint density at radius 1 is 1.40 bits per heavy atom. The largest absolute Gasteiger partial charge is 0.369 e. The fraction of sp³-hybridized carbons (Fsp3) is 0.273. The van der Waals surface area contributed by atoms with E-state index in [9.17, 15) is 4.79 Å². The fourth-order valence-electron chi connectivity index (χ4n) is 1.91. The van der Waals surface area contributed by atoms with Crippen LogP contribution < -0.4 is 10.6 Å². The predicted molar refractivity (Wildman–Crippen MR) is 55.4 cm³/mol. The molecular weight excluding hydrogens is 190 g/mol. The van der Waals surface area contributed by atoms with Gasteiger partial charge in [0, 0.05) is 0 Å². The summed E-state index contributed by atoms with van der Waals surface area (Å²) in [5, 5.41) is 14.9. The van der Waals surface area contributed by atoms with E-state index < -0.39 is 0 Å². The summed E-state index contributed by atoms with van der Waals surface area (Å²) in [6.07, 6.45) is 1.74. The van der Waals surface area contributed by atoms with Crippen LogP contribution in [0.5, 0.6) is 0 Å². The topological polar surface area (TPSA) is 64.9 Å². The van der Waals surface area contributed by atoms with Crippen LogP contribution in [-0.2, 0) is 4.79 Å². The average Bonchev–Trinajstić information content (AvgIpc) is 3.00. The van der Waals surface area contributed by atoms with Gasteiger partial charge in [0.2, 0.25) is 5.91 Å². The molecule has 2 aliphatic rings. The first-order valence-corrected chi connectivity index (χ1v) is 4.88. The van der Waals surface area contributed by atoms with E-state index in [2.05, 4.69) is 16.7 Å². The number of rotatable bonds is 0. The first-order valence-electron chi connectivity index (χ1n) is 4.88. The Kier molecular flexibility index (Phi) is 1.39. The molecule has 3 rings (SSSR count). The van der Waals surface area contributed by atoms with Gasteiger partial charge in [0.1, 0.15) is 11.6 Å². The summed E-state index contributed by atoms with van der Waals surface area (Å²) < 4.78 is 0. The van der Waals surface area contributed by atoms with Crippen molar-refractivity contribution in [3.05, 3.63) is 23.8 Å². The van der Waals surface area contributed by atoms with Crippen molar-refractivity contribution in [1.29, 1.82) is 5.26 Å². The number of nitriles is 1. The molecule has 1 fully saturated rings. The monoisotopic (exact) mass is 199 g/mol. The third-order valence-electron chi connectivity index (χ3n) is 2.98. The maximum absolute atomic E-state index is 11.7. The van der Waals surface area contributed by atoms with Crippen molar-refractivity contribution in [3.8, 4) is 6.07 Å². The zero-order valence-corrected chi connectivity index (χ0v) is 8.00. The molecule has 1 aliphatic carbocycles. The van der Waals surface area contributed by atoms with Gasteiger partial charge in [0.05, 0.1) is 16.9 Å². The van der Waals surface area contributed by atoms with Crippen LogP contribution in [0.3, 0.4) is 0 Å². The van der Waals surface area contributed by atoms with Crippen molar-refractivity contribution in [2.75, 3.05) is 10.6 Å². The van der Waals surface area contributed by atoms with Crippen molar-refractivity contribution in [2.45, 2.75) is 18.4 Å². The van der Waals surface area contributed by atoms with Gasteiger partial charge in [-0.25, -0.2) is 0 Å². The number of hydrogen-bond donors (Lipinski definition) is 2. The number of benzene rings is 1. The second-order valence-electron chi connectivity index (χ2n) is 4.00. The number of nitrogens with one attached hydrogen (secondary N) is 2. The molecule has 4 heteroatoms. The Labute approximate surface area is 86.9 Å². The lowest BCUT2D eigenvalue weighted by Gasteiger charge is -2.27. The normalized spacial score (nSPS) is 19.8. The quantitative estimate of drug-likeness (QED) is 0.664. The summed E-state index contributed by atoms with van der Waals surface area (Å²) in [5.74, 6) is -0.0160. The van der Waals surface area contributed by atoms with Crippen LogP contribution in [0.2, 0.25) is 0 Å². The standard InChI is InChI=1S/C11H9N3O/c12-6-7-2-1-3-8-9(7)13-10(15)11(14-8)4-5-11/h1-3,14H,4-5H2,(H,13,15). The molecule has 1 aliphatic heterocycles. The Hall–Kier alpha value is -2.02. The van der Waals surface area contributed by atoms with Crippen molar-refractivity contribution in [1.82, 2.24) is 0 Å². The Bertz CT molecular complexity index is 497. The second-order valence-corrected chi connectivity index (χ2v) is 4.00. The number of hydrogen-bond acceptors (Lipinski definition) is 3. The molecule has 0 radical (unpaired) electrons. The van der Waals surface area contributed by atoms with Gasteiger partial charge < -0.3 is 10.6 Å². The SMILES string of the molecule is N#Cc1cccc2c1NC(=O)C1(CC1)N2. The van der Waals surface area contributed by atoms with E-state index in [1.54, 1.807) is 6.07 Å². The molecule has 1 heterocycles. The van der Waals surface area contributed by atoms with Crippen molar-refractivity contribution < 1.29 is 4.79 Å². The lowest BCUT2D eigenvalue weighted by atomic mass is 10.1. The summed E-state index contributed by atoms with van der Waals surface area (Å²) in [4.78, 5) is 11.7. The number of anilines is 2. The lowest BCUT2D eigenvalue weighted by molar-refractivity contribution is -0.117. The summed E-state index contributed by atoms with van der Waals surface area (Å²) in [5.41, 5.74) is 1.58. The highest BCUT2D eigenvalue weighted by molar-refractivity contribution is 6.09. The minimum Gasteiger partial charge on any atom is -0.369 e. The molecule has 0 bridgehead atoms. The molecule has 15 heavy (non-hydrogen) atoms. The molecule has 0 atom stereocenters. The maximum Gasteiger partial charge on any atom is 0.250 e. The van der Waals surface area contributed by atoms with E-state index >= 15 is 0 Å². The Morgan fingerprint density at radius 2 is 2.20 bits per heavy atom. The summed E-state index contributed by atoms with van der Waals surface area (Å²) >= 11 is 0. The summed E-state index contributed by atoms with van der Waals surface area (Å²) in [6, 6.07) is 7.47. The highest BCUT2D eigenvalue weighted by Crippen LogP contribution is 2.45. The second kappa shape index (κ2) is 2.51. The third kappa shape index (κ3) is 1.03. The van der Waals surface area contributed by atoms with Crippen LogP contribution in [0.15, 0.2) is 18.2 Å². The van der Waals surface area contributed by atoms with Gasteiger partial charge in [-0.3, -0.25) is 4.79 Å². The Balaban J connectivity index is 2.13. The molecule has 0 aromatic heterocycles. The van der Waals surface area contributed by atoms with Crippen molar-refractivity contribution >= 4 is 17.3 Å². The zero-order valence-electron chi connectivity index (χ0n) is 8.00. The minimum atomic E-state index is -0.388. The van der Waals surface area contributed by atoms with Gasteiger partial charge in [0.15, 0.2) is 0 Å². The van der Waals surface area contributed by atoms with Crippen molar-refractivity contribution in [2.24, 2.45) is 0 Å². The number of carbonyl (C=O) groups excluding carboxylic acids is 1. The molecule has 0 saturated heterocycles. The van der Waals surface area contributed by atoms with Gasteiger partial charge >= 0.3 is 0 Å². The van der Waals surface area contributed by atoms with Crippen molar-refractivity contribution in [3.63, 3.8) is 0 Å². The number of carbonyl (C=O) groups is 1. The average molecular weight is 199 g/mol. The lowest BCUT2D eigenvalue weighted by Crippen LogP contribution is -2.41. The molecule has 1 amide bonds. The zero-order chi connectivity index (χ0) is 10.5. The maximum atomic E-state index is 11.7. The minimum absolute atomic E-state index is 0.0160. The number of para-hydroxylation sites is 1. The van der Waals surface area contributed by atoms with E-state index in [1.807, 2.05) is 12.1 Å². The van der Waals surface area contributed by atoms with Crippen LogP contribution in [0.1, 0.15) is 18.4 Å². The molecule has 1 spiro atoms. The predicted octanol–water partition coefficient (Wildman–Crippen LogP) is 1.45. The van der Waals surface area contributed by atoms with Crippen LogP contribution in [-0.4, -0.2) is 11.4 Å². The molecule has 0 unspecified atom stereocenters. The van der Waals surface area contributed by atoms with Crippen LogP contribution >= 0.6 is 0 Å². The molecule has 4 nitrogen and oxygen atoms in total. The van der Waals surface area contributed by atoms with Crippen LogP contribution in [0, 0.1) is 11.3 Å². The van der Waals surface area contributed by atoms with Gasteiger partial charge in [-0.1, -0.05) is 6.07 Å². The number of fused-ring (bicyclic) bond motifs is 1. The smallest absolute Gasteiger partial charge is 0.250 e. The number of amides is 1. The van der Waals surface area contributed by atoms with Gasteiger partial charge in [0.25, 0.3) is 0 Å². The molecule has 74 valence electrons. The highest BCUT2D eigenvalue weighted by atomic mass is 16.2. The third-order valence-corrected chi connectivity index (χ3v) is 2.98. The Morgan fingerprint density at radius 3 is 2.87 bits per heavy atom. The first kappa shape index (κ1) is 8.30. The number of nitrogens with zero attached hydrogens (tertiary/aromatic N) is 1. The van der Waals surface area contributed by atoms with Crippen LogP contribution in [0.25, 0.3) is 0 Å². The first-order chi connectivity index (χ1) is 7.25. The van der Waals surface area contributed by atoms with Crippen LogP contribution in [0.4, 0.5) is 11.4 Å². The summed E-state index contributed by atoms with van der Waals surface area (Å²) in [7, 11) is 0. The van der Waals surface area contributed by atoms with E-state index in [-0.39, 0.29) is 11.4 Å². The molecular formula is C11H9N3O. The molecule has 1 aromatic rings. The van der Waals surface area contributed by atoms with E-state index in [1.165, 1.54) is 0 Å². The molecule has 1 aromatic carbocycles. The summed E-state index contributed by atoms with van der Waals surface area (Å²) in [6.45, 7) is 0. The fourth-order valence-corrected chi connectivity index (χ4v) is 1.91. The van der Waals surface area contributed by atoms with Gasteiger partial charge in [-0.15, -0.1) is 0 Å². The van der Waals surface area contributed by atoms with Gasteiger partial charge in [-0.2, -0.15) is 5.26 Å². The molecule has 2 N–H and O–H groups in total. The van der Waals surface area contributed by atoms with E-state index in [0.717, 1.165) is 18.5 Å².